The Kier molecular flexibility index (Phi) is 5.20. The van der Waals surface area contributed by atoms with Gasteiger partial charge in [0, 0.05) is 30.4 Å². The minimum Gasteiger partial charge on any atom is -0.496 e. The van der Waals surface area contributed by atoms with E-state index >= 15 is 0 Å². The second-order valence-electron chi connectivity index (χ2n) is 7.20. The van der Waals surface area contributed by atoms with Crippen LogP contribution in [0.2, 0.25) is 0 Å². The van der Waals surface area contributed by atoms with Crippen LogP contribution in [0.4, 0.5) is 0 Å². The maximum Gasteiger partial charge on any atom is 0.229 e. The molecule has 142 valence electrons. The second kappa shape index (κ2) is 7.92. The summed E-state index contributed by atoms with van der Waals surface area (Å²) < 4.78 is 12.8. The molecule has 1 saturated carbocycles. The molecule has 7 nitrogen and oxygen atoms in total. The number of rotatable bonds is 8. The predicted octanol–water partition coefficient (Wildman–Crippen LogP) is 3.22. The van der Waals surface area contributed by atoms with E-state index in [0.29, 0.717) is 19.0 Å². The van der Waals surface area contributed by atoms with Crippen molar-refractivity contribution >= 4 is 0 Å². The third kappa shape index (κ3) is 4.19. The molecule has 0 aliphatic heterocycles. The van der Waals surface area contributed by atoms with Gasteiger partial charge in [0.25, 0.3) is 0 Å². The maximum atomic E-state index is 5.50. The van der Waals surface area contributed by atoms with Gasteiger partial charge in [0.05, 0.1) is 20.2 Å². The van der Waals surface area contributed by atoms with Crippen molar-refractivity contribution in [3.8, 4) is 5.75 Å². The molecule has 0 radical (unpaired) electrons. The van der Waals surface area contributed by atoms with E-state index in [9.17, 15) is 0 Å². The number of hydrogen-bond donors (Lipinski definition) is 0. The highest BCUT2D eigenvalue weighted by molar-refractivity contribution is 5.37. The van der Waals surface area contributed by atoms with Crippen molar-refractivity contribution in [1.29, 1.82) is 0 Å². The molecular formula is C20H25N5O2. The molecule has 3 aromatic rings. The maximum absolute atomic E-state index is 5.50. The third-order valence-corrected chi connectivity index (χ3v) is 5.04. The van der Waals surface area contributed by atoms with Crippen LogP contribution in [0.25, 0.3) is 0 Å². The topological polar surface area (TPSA) is 69.2 Å². The van der Waals surface area contributed by atoms with Crippen LogP contribution < -0.4 is 4.74 Å². The summed E-state index contributed by atoms with van der Waals surface area (Å²) in [5.74, 6) is 2.91. The summed E-state index contributed by atoms with van der Waals surface area (Å²) in [6.07, 6.45) is 7.34. The first-order valence-corrected chi connectivity index (χ1v) is 9.35. The zero-order valence-electron chi connectivity index (χ0n) is 15.8. The normalized spacial score (nSPS) is 14.5. The van der Waals surface area contributed by atoms with E-state index < -0.39 is 0 Å². The monoisotopic (exact) mass is 367 g/mol. The van der Waals surface area contributed by atoms with Crippen LogP contribution >= 0.6 is 0 Å². The molecule has 2 aromatic heterocycles. The van der Waals surface area contributed by atoms with Gasteiger partial charge in [-0.3, -0.25) is 9.58 Å². The fraction of sp³-hybridized carbons (Fsp3) is 0.450. The molecule has 1 aromatic carbocycles. The van der Waals surface area contributed by atoms with Gasteiger partial charge in [-0.15, -0.1) is 0 Å². The molecule has 0 atom stereocenters. The lowest BCUT2D eigenvalue weighted by molar-refractivity contribution is 0.281. The molecular weight excluding hydrogens is 342 g/mol. The average Bonchev–Trinajstić information content (AvgIpc) is 3.26. The van der Waals surface area contributed by atoms with Crippen molar-refractivity contribution in [2.45, 2.75) is 44.8 Å². The van der Waals surface area contributed by atoms with E-state index in [4.69, 9.17) is 9.26 Å². The van der Waals surface area contributed by atoms with E-state index in [1.165, 1.54) is 24.8 Å². The van der Waals surface area contributed by atoms with Gasteiger partial charge in [0.1, 0.15) is 5.75 Å². The smallest absolute Gasteiger partial charge is 0.229 e. The molecule has 2 heterocycles. The number of benzene rings is 1. The van der Waals surface area contributed by atoms with Gasteiger partial charge >= 0.3 is 0 Å². The Morgan fingerprint density at radius 2 is 2.19 bits per heavy atom. The van der Waals surface area contributed by atoms with Crippen LogP contribution in [0.1, 0.15) is 48.0 Å². The number of methoxy groups -OCH3 is 1. The minimum atomic E-state index is 0.475. The first-order chi connectivity index (χ1) is 13.2. The summed E-state index contributed by atoms with van der Waals surface area (Å²) in [7, 11) is 3.76. The van der Waals surface area contributed by atoms with E-state index in [1.54, 1.807) is 13.3 Å². The molecule has 0 N–H and O–H groups in total. The summed E-state index contributed by atoms with van der Waals surface area (Å²) in [4.78, 5) is 6.75. The van der Waals surface area contributed by atoms with Crippen molar-refractivity contribution < 1.29 is 9.26 Å². The molecule has 0 spiro atoms. The van der Waals surface area contributed by atoms with Crippen LogP contribution in [-0.4, -0.2) is 39.0 Å². The molecule has 4 rings (SSSR count). The van der Waals surface area contributed by atoms with Crippen LogP contribution in [0, 0.1) is 0 Å². The molecule has 27 heavy (non-hydrogen) atoms. The summed E-state index contributed by atoms with van der Waals surface area (Å²) in [6.45, 7) is 2.14. The van der Waals surface area contributed by atoms with Gasteiger partial charge in [-0.05, 0) is 43.7 Å². The minimum absolute atomic E-state index is 0.475. The number of ether oxygens (including phenoxy) is 1. The highest BCUT2D eigenvalue weighted by atomic mass is 16.5. The highest BCUT2D eigenvalue weighted by Gasteiger charge is 2.25. The summed E-state index contributed by atoms with van der Waals surface area (Å²) >= 11 is 0. The molecule has 0 saturated heterocycles. The SMILES string of the molecule is COc1ccc(CN(C)Cc2noc(C3CCC3)n2)cc1Cn1cccn1. The Morgan fingerprint density at radius 3 is 2.89 bits per heavy atom. The van der Waals surface area contributed by atoms with Crippen molar-refractivity contribution in [3.05, 3.63) is 59.5 Å². The Bertz CT molecular complexity index is 870. The van der Waals surface area contributed by atoms with Crippen molar-refractivity contribution in [2.24, 2.45) is 0 Å². The van der Waals surface area contributed by atoms with Crippen LogP contribution in [-0.2, 0) is 19.6 Å². The van der Waals surface area contributed by atoms with Gasteiger partial charge in [-0.2, -0.15) is 10.1 Å². The summed E-state index contributed by atoms with van der Waals surface area (Å²) in [5.41, 5.74) is 2.32. The predicted molar refractivity (Wildman–Crippen MR) is 100 cm³/mol. The lowest BCUT2D eigenvalue weighted by Crippen LogP contribution is -2.18. The second-order valence-corrected chi connectivity index (χ2v) is 7.20. The van der Waals surface area contributed by atoms with Gasteiger partial charge in [-0.1, -0.05) is 17.6 Å². The third-order valence-electron chi connectivity index (χ3n) is 5.04. The molecule has 1 aliphatic rings. The molecule has 0 amide bonds. The van der Waals surface area contributed by atoms with Crippen LogP contribution in [0.5, 0.6) is 5.75 Å². The zero-order chi connectivity index (χ0) is 18.6. The molecule has 0 unspecified atom stereocenters. The van der Waals surface area contributed by atoms with Crippen molar-refractivity contribution in [2.75, 3.05) is 14.2 Å². The van der Waals surface area contributed by atoms with Crippen LogP contribution in [0.3, 0.4) is 0 Å². The highest BCUT2D eigenvalue weighted by Crippen LogP contribution is 2.35. The van der Waals surface area contributed by atoms with E-state index in [-0.39, 0.29) is 0 Å². The van der Waals surface area contributed by atoms with Gasteiger partial charge in [0.2, 0.25) is 5.89 Å². The Balaban J connectivity index is 1.41. The Morgan fingerprint density at radius 1 is 1.30 bits per heavy atom. The Hall–Kier alpha value is -2.67. The first-order valence-electron chi connectivity index (χ1n) is 9.35. The quantitative estimate of drug-likeness (QED) is 0.609. The molecule has 1 aliphatic carbocycles. The Labute approximate surface area is 158 Å². The van der Waals surface area contributed by atoms with E-state index in [2.05, 4.69) is 39.3 Å². The van der Waals surface area contributed by atoms with E-state index in [0.717, 1.165) is 29.6 Å². The van der Waals surface area contributed by atoms with Crippen molar-refractivity contribution in [1.82, 2.24) is 24.8 Å². The fourth-order valence-electron chi connectivity index (χ4n) is 3.38. The lowest BCUT2D eigenvalue weighted by atomic mass is 9.85. The number of nitrogens with zero attached hydrogens (tertiary/aromatic N) is 5. The largest absolute Gasteiger partial charge is 0.496 e. The van der Waals surface area contributed by atoms with Crippen LogP contribution in [0.15, 0.2) is 41.2 Å². The van der Waals surface area contributed by atoms with E-state index in [1.807, 2.05) is 23.0 Å². The van der Waals surface area contributed by atoms with Gasteiger partial charge in [0.15, 0.2) is 5.82 Å². The first kappa shape index (κ1) is 17.7. The standard InChI is InChI=1S/C20H25N5O2/c1-24(14-19-22-20(27-23-19)16-5-3-6-16)12-15-7-8-18(26-2)17(11-15)13-25-10-4-9-21-25/h4,7-11,16H,3,5-6,12-14H2,1-2H3. The number of aromatic nitrogens is 4. The number of hydrogen-bond acceptors (Lipinski definition) is 6. The molecule has 0 bridgehead atoms. The van der Waals surface area contributed by atoms with Gasteiger partial charge < -0.3 is 9.26 Å². The average molecular weight is 367 g/mol. The van der Waals surface area contributed by atoms with Crippen molar-refractivity contribution in [3.63, 3.8) is 0 Å². The zero-order valence-corrected chi connectivity index (χ0v) is 15.8. The fourth-order valence-corrected chi connectivity index (χ4v) is 3.38. The lowest BCUT2D eigenvalue weighted by Gasteiger charge is -2.20. The molecule has 7 heteroatoms. The summed E-state index contributed by atoms with van der Waals surface area (Å²) in [6, 6.07) is 8.21. The van der Waals surface area contributed by atoms with Gasteiger partial charge in [-0.25, -0.2) is 0 Å². The molecule has 1 fully saturated rings. The summed E-state index contributed by atoms with van der Waals surface area (Å²) in [5, 5.41) is 8.42.